The van der Waals surface area contributed by atoms with Gasteiger partial charge in [0.1, 0.15) is 5.15 Å². The number of hydrogen-bond donors (Lipinski definition) is 2. The van der Waals surface area contributed by atoms with Crippen LogP contribution in [-0.2, 0) is 0 Å². The zero-order valence-corrected chi connectivity index (χ0v) is 9.50. The summed E-state index contributed by atoms with van der Waals surface area (Å²) < 4.78 is 0. The van der Waals surface area contributed by atoms with E-state index in [2.05, 4.69) is 15.6 Å². The van der Waals surface area contributed by atoms with Crippen molar-refractivity contribution >= 4 is 28.1 Å². The van der Waals surface area contributed by atoms with Crippen molar-refractivity contribution in [2.75, 3.05) is 18.4 Å². The first-order valence-corrected chi connectivity index (χ1v) is 6.18. The minimum Gasteiger partial charge on any atom is -0.361 e. The maximum atomic E-state index is 5.70. The fourth-order valence-corrected chi connectivity index (χ4v) is 2.08. The van der Waals surface area contributed by atoms with Gasteiger partial charge in [0.15, 0.2) is 5.13 Å². The second-order valence-corrected chi connectivity index (χ2v) is 4.73. The van der Waals surface area contributed by atoms with Crippen LogP contribution in [-0.4, -0.2) is 24.1 Å². The summed E-state index contributed by atoms with van der Waals surface area (Å²) in [5.41, 5.74) is 0. The molecule has 1 heterocycles. The van der Waals surface area contributed by atoms with Gasteiger partial charge in [-0.05, 0) is 25.8 Å². The monoisotopic (exact) mass is 231 g/mol. The van der Waals surface area contributed by atoms with Crippen LogP contribution in [0, 0.1) is 0 Å². The number of anilines is 1. The Morgan fingerprint density at radius 3 is 3.00 bits per heavy atom. The molecule has 0 radical (unpaired) electrons. The van der Waals surface area contributed by atoms with Crippen molar-refractivity contribution in [2.45, 2.75) is 25.3 Å². The molecule has 0 amide bonds. The van der Waals surface area contributed by atoms with Crippen molar-refractivity contribution in [1.29, 1.82) is 0 Å². The molecule has 0 unspecified atom stereocenters. The largest absolute Gasteiger partial charge is 0.361 e. The van der Waals surface area contributed by atoms with Gasteiger partial charge in [0.05, 0.1) is 0 Å². The molecule has 1 fully saturated rings. The van der Waals surface area contributed by atoms with Gasteiger partial charge in [-0.1, -0.05) is 11.6 Å². The summed E-state index contributed by atoms with van der Waals surface area (Å²) in [6, 6.07) is 0.810. The molecular weight excluding hydrogens is 218 g/mol. The molecule has 0 atom stereocenters. The van der Waals surface area contributed by atoms with Crippen molar-refractivity contribution in [1.82, 2.24) is 10.3 Å². The Bertz CT molecular complexity index is 285. The lowest BCUT2D eigenvalue weighted by Crippen LogP contribution is -2.19. The summed E-state index contributed by atoms with van der Waals surface area (Å²) in [4.78, 5) is 4.11. The van der Waals surface area contributed by atoms with Crippen LogP contribution in [0.1, 0.15) is 19.3 Å². The van der Waals surface area contributed by atoms with Crippen molar-refractivity contribution in [2.24, 2.45) is 0 Å². The molecule has 0 saturated heterocycles. The van der Waals surface area contributed by atoms with Gasteiger partial charge in [0.25, 0.3) is 0 Å². The van der Waals surface area contributed by atoms with E-state index in [1.165, 1.54) is 12.8 Å². The van der Waals surface area contributed by atoms with Crippen molar-refractivity contribution in [3.8, 4) is 0 Å². The average molecular weight is 232 g/mol. The molecule has 0 aliphatic heterocycles. The van der Waals surface area contributed by atoms with Crippen LogP contribution < -0.4 is 10.6 Å². The van der Waals surface area contributed by atoms with E-state index < -0.39 is 0 Å². The second-order valence-electron chi connectivity index (χ2n) is 3.48. The maximum Gasteiger partial charge on any atom is 0.184 e. The van der Waals surface area contributed by atoms with Gasteiger partial charge in [0.2, 0.25) is 0 Å². The van der Waals surface area contributed by atoms with E-state index in [4.69, 9.17) is 11.6 Å². The lowest BCUT2D eigenvalue weighted by molar-refractivity contribution is 0.659. The van der Waals surface area contributed by atoms with Crippen LogP contribution in [0.2, 0.25) is 5.15 Å². The topological polar surface area (TPSA) is 37.0 Å². The number of aromatic nitrogens is 1. The second kappa shape index (κ2) is 4.96. The van der Waals surface area contributed by atoms with Gasteiger partial charge in [-0.3, -0.25) is 0 Å². The normalized spacial score (nSPS) is 15.8. The molecule has 1 aromatic heterocycles. The highest BCUT2D eigenvalue weighted by Crippen LogP contribution is 2.19. The van der Waals surface area contributed by atoms with Crippen LogP contribution in [0.15, 0.2) is 5.38 Å². The van der Waals surface area contributed by atoms with E-state index in [1.807, 2.05) is 5.38 Å². The van der Waals surface area contributed by atoms with E-state index >= 15 is 0 Å². The van der Waals surface area contributed by atoms with Gasteiger partial charge in [0, 0.05) is 18.0 Å². The van der Waals surface area contributed by atoms with Gasteiger partial charge in [-0.25, -0.2) is 4.98 Å². The summed E-state index contributed by atoms with van der Waals surface area (Å²) in [5, 5.41) is 10.0. The van der Waals surface area contributed by atoms with E-state index in [9.17, 15) is 0 Å². The standard InChI is InChI=1S/C9H14ClN3S/c10-8-6-14-9(13-8)12-5-1-4-11-7-2-3-7/h6-7,11H,1-5H2,(H,12,13). The number of hydrogen-bond acceptors (Lipinski definition) is 4. The molecule has 1 aromatic rings. The van der Waals surface area contributed by atoms with E-state index in [0.29, 0.717) is 5.15 Å². The molecule has 1 aliphatic carbocycles. The summed E-state index contributed by atoms with van der Waals surface area (Å²) in [5.74, 6) is 0. The molecule has 14 heavy (non-hydrogen) atoms. The van der Waals surface area contributed by atoms with Gasteiger partial charge >= 0.3 is 0 Å². The number of nitrogens with zero attached hydrogens (tertiary/aromatic N) is 1. The third-order valence-electron chi connectivity index (χ3n) is 2.12. The molecule has 0 spiro atoms. The zero-order valence-electron chi connectivity index (χ0n) is 7.92. The Kier molecular flexibility index (Phi) is 3.61. The highest BCUT2D eigenvalue weighted by molar-refractivity contribution is 7.14. The summed E-state index contributed by atoms with van der Waals surface area (Å²) in [7, 11) is 0. The Labute approximate surface area is 92.9 Å². The van der Waals surface area contributed by atoms with E-state index in [1.54, 1.807) is 11.3 Å². The molecule has 0 aromatic carbocycles. The van der Waals surface area contributed by atoms with Gasteiger partial charge < -0.3 is 10.6 Å². The van der Waals surface area contributed by atoms with E-state index in [0.717, 1.165) is 30.7 Å². The molecule has 1 aliphatic rings. The molecule has 1 saturated carbocycles. The fraction of sp³-hybridized carbons (Fsp3) is 0.667. The van der Waals surface area contributed by atoms with Gasteiger partial charge in [-0.2, -0.15) is 0 Å². The summed E-state index contributed by atoms with van der Waals surface area (Å²) >= 11 is 7.25. The Balaban J connectivity index is 1.53. The molecule has 78 valence electrons. The third kappa shape index (κ3) is 3.44. The zero-order chi connectivity index (χ0) is 9.80. The summed E-state index contributed by atoms with van der Waals surface area (Å²) in [6.45, 7) is 2.06. The minimum absolute atomic E-state index is 0.577. The predicted octanol–water partition coefficient (Wildman–Crippen LogP) is 2.35. The Hall–Kier alpha value is -0.320. The third-order valence-corrected chi connectivity index (χ3v) is 3.24. The van der Waals surface area contributed by atoms with Crippen LogP contribution in [0.25, 0.3) is 0 Å². The average Bonchev–Trinajstić information content (AvgIpc) is 2.89. The Morgan fingerprint density at radius 1 is 1.50 bits per heavy atom. The molecule has 5 heteroatoms. The Morgan fingerprint density at radius 2 is 2.36 bits per heavy atom. The molecular formula is C9H14ClN3S. The van der Waals surface area contributed by atoms with E-state index in [-0.39, 0.29) is 0 Å². The number of rotatable bonds is 6. The molecule has 2 N–H and O–H groups in total. The van der Waals surface area contributed by atoms with Crippen LogP contribution in [0.3, 0.4) is 0 Å². The van der Waals surface area contributed by atoms with Crippen LogP contribution in [0.4, 0.5) is 5.13 Å². The smallest absolute Gasteiger partial charge is 0.184 e. The van der Waals surface area contributed by atoms with Crippen LogP contribution >= 0.6 is 22.9 Å². The lowest BCUT2D eigenvalue weighted by Gasteiger charge is -2.03. The first-order chi connectivity index (χ1) is 6.84. The molecule has 0 bridgehead atoms. The number of thiazole rings is 1. The minimum atomic E-state index is 0.577. The van der Waals surface area contributed by atoms with Crippen molar-refractivity contribution < 1.29 is 0 Å². The predicted molar refractivity (Wildman–Crippen MR) is 61.3 cm³/mol. The SMILES string of the molecule is Clc1csc(NCCCNC2CC2)n1. The quantitative estimate of drug-likeness (QED) is 0.738. The van der Waals surface area contributed by atoms with Crippen molar-refractivity contribution in [3.63, 3.8) is 0 Å². The molecule has 3 nitrogen and oxygen atoms in total. The fourth-order valence-electron chi connectivity index (χ4n) is 1.21. The van der Waals surface area contributed by atoms with Crippen molar-refractivity contribution in [3.05, 3.63) is 10.5 Å². The number of nitrogens with one attached hydrogen (secondary N) is 2. The molecule has 2 rings (SSSR count). The summed E-state index contributed by atoms with van der Waals surface area (Å²) in [6.07, 6.45) is 3.85. The number of halogens is 1. The lowest BCUT2D eigenvalue weighted by atomic mass is 10.4. The first-order valence-electron chi connectivity index (χ1n) is 4.93. The highest BCUT2D eigenvalue weighted by Gasteiger charge is 2.19. The van der Waals surface area contributed by atoms with Crippen LogP contribution in [0.5, 0.6) is 0 Å². The maximum absolute atomic E-state index is 5.70. The first kappa shape index (κ1) is 10.2. The highest BCUT2D eigenvalue weighted by atomic mass is 35.5. The van der Waals surface area contributed by atoms with Gasteiger partial charge in [-0.15, -0.1) is 11.3 Å².